The highest BCUT2D eigenvalue weighted by atomic mass is 35.5. The summed E-state index contributed by atoms with van der Waals surface area (Å²) in [5.41, 5.74) is 0.572. The van der Waals surface area contributed by atoms with E-state index < -0.39 is 5.82 Å². The molecule has 6 nitrogen and oxygen atoms in total. The average molecular weight is 399 g/mol. The lowest BCUT2D eigenvalue weighted by Gasteiger charge is -2.28. The van der Waals surface area contributed by atoms with E-state index in [1.165, 1.54) is 0 Å². The highest BCUT2D eigenvalue weighted by Crippen LogP contribution is 2.25. The van der Waals surface area contributed by atoms with Gasteiger partial charge in [0, 0.05) is 11.7 Å². The number of hydrogen-bond acceptors (Lipinski definition) is 4. The van der Waals surface area contributed by atoms with Crippen molar-refractivity contribution < 1.29 is 13.9 Å². The average Bonchev–Trinajstić information content (AvgIpc) is 2.62. The molecule has 1 saturated carbocycles. The molecule has 26 heavy (non-hydrogen) atoms. The molecule has 0 bridgehead atoms. The number of ether oxygens (including phenoxy) is 1. The van der Waals surface area contributed by atoms with Crippen molar-refractivity contribution in [1.82, 2.24) is 15.3 Å². The van der Waals surface area contributed by atoms with Gasteiger partial charge < -0.3 is 15.4 Å². The minimum atomic E-state index is -0.502. The molecule has 2 amide bonds. The molecule has 0 unspecified atom stereocenters. The van der Waals surface area contributed by atoms with Crippen LogP contribution in [0.4, 0.5) is 14.9 Å². The molecule has 138 valence electrons. The lowest BCUT2D eigenvalue weighted by Crippen LogP contribution is -2.41. The van der Waals surface area contributed by atoms with Crippen molar-refractivity contribution in [3.05, 3.63) is 46.5 Å². The molecule has 9 heteroatoms. The Hall–Kier alpha value is -2.12. The Labute approximate surface area is 160 Å². The number of halogens is 3. The van der Waals surface area contributed by atoms with Crippen molar-refractivity contribution in [3.8, 4) is 6.01 Å². The van der Waals surface area contributed by atoms with Gasteiger partial charge in [-0.25, -0.2) is 19.2 Å². The number of hydrogen-bond donors (Lipinski definition) is 2. The minimum absolute atomic E-state index is 0.0448. The van der Waals surface area contributed by atoms with E-state index in [9.17, 15) is 9.18 Å². The summed E-state index contributed by atoms with van der Waals surface area (Å²) in [6.45, 7) is 0. The van der Waals surface area contributed by atoms with Gasteiger partial charge in [-0.15, -0.1) is 0 Å². The maximum atomic E-state index is 12.8. The molecule has 1 aliphatic carbocycles. The summed E-state index contributed by atoms with van der Waals surface area (Å²) in [7, 11) is 0. The molecule has 3 rings (SSSR count). The summed E-state index contributed by atoms with van der Waals surface area (Å²) in [6, 6.07) is 4.82. The summed E-state index contributed by atoms with van der Waals surface area (Å²) in [5, 5.41) is 6.48. The van der Waals surface area contributed by atoms with Gasteiger partial charge in [-0.2, -0.15) is 0 Å². The van der Waals surface area contributed by atoms with E-state index in [4.69, 9.17) is 27.9 Å². The second kappa shape index (κ2) is 8.51. The van der Waals surface area contributed by atoms with Crippen LogP contribution in [0.15, 0.2) is 30.6 Å². The molecular weight excluding hydrogens is 382 g/mol. The van der Waals surface area contributed by atoms with E-state index in [1.807, 2.05) is 0 Å². The topological polar surface area (TPSA) is 76.1 Å². The Morgan fingerprint density at radius 1 is 1.12 bits per heavy atom. The molecule has 0 spiro atoms. The van der Waals surface area contributed by atoms with Gasteiger partial charge >= 0.3 is 12.0 Å². The van der Waals surface area contributed by atoms with E-state index in [0.717, 1.165) is 38.1 Å². The first kappa shape index (κ1) is 18.7. The van der Waals surface area contributed by atoms with Gasteiger partial charge in [0.1, 0.15) is 6.10 Å². The van der Waals surface area contributed by atoms with Gasteiger partial charge in [0.2, 0.25) is 0 Å². The smallest absolute Gasteiger partial charge is 0.319 e. The van der Waals surface area contributed by atoms with Crippen molar-refractivity contribution in [1.29, 1.82) is 0 Å². The molecule has 2 N–H and O–H groups in total. The standard InChI is InChI=1S/C17H17Cl2FN4O2/c18-14-6-3-12(7-15(14)19)24-16(25)23-11-1-4-13(5-2-11)26-17-21-8-10(20)9-22-17/h3,6-9,11,13H,1-2,4-5H2,(H2,23,24,25). The molecule has 1 heterocycles. The molecule has 1 aromatic carbocycles. The molecule has 0 radical (unpaired) electrons. The maximum absolute atomic E-state index is 12.8. The largest absolute Gasteiger partial charge is 0.460 e. The fraction of sp³-hybridized carbons (Fsp3) is 0.353. The van der Waals surface area contributed by atoms with E-state index in [2.05, 4.69) is 20.6 Å². The maximum Gasteiger partial charge on any atom is 0.319 e. The fourth-order valence-electron chi connectivity index (χ4n) is 2.76. The van der Waals surface area contributed by atoms with Crippen molar-refractivity contribution in [2.24, 2.45) is 0 Å². The minimum Gasteiger partial charge on any atom is -0.460 e. The number of carbonyl (C=O) groups excluding carboxylic acids is 1. The SMILES string of the molecule is O=C(Nc1ccc(Cl)c(Cl)c1)NC1CCC(Oc2ncc(F)cn2)CC1. The van der Waals surface area contributed by atoms with Crippen LogP contribution in [-0.2, 0) is 0 Å². The van der Waals surface area contributed by atoms with Crippen LogP contribution < -0.4 is 15.4 Å². The third kappa shape index (κ3) is 5.19. The van der Waals surface area contributed by atoms with Crippen molar-refractivity contribution in [2.45, 2.75) is 37.8 Å². The first-order valence-corrected chi connectivity index (χ1v) is 8.92. The van der Waals surface area contributed by atoms with Crippen LogP contribution in [0.5, 0.6) is 6.01 Å². The molecular formula is C17H17Cl2FN4O2. The summed E-state index contributed by atoms with van der Waals surface area (Å²) in [6.07, 6.45) is 5.13. The van der Waals surface area contributed by atoms with Crippen LogP contribution >= 0.6 is 23.2 Å². The van der Waals surface area contributed by atoms with Gasteiger partial charge in [-0.3, -0.25) is 0 Å². The van der Waals surface area contributed by atoms with Crippen molar-refractivity contribution >= 4 is 34.9 Å². The van der Waals surface area contributed by atoms with Crippen LogP contribution in [0.1, 0.15) is 25.7 Å². The van der Waals surface area contributed by atoms with Crippen LogP contribution in [-0.4, -0.2) is 28.1 Å². The van der Waals surface area contributed by atoms with Crippen LogP contribution in [0.25, 0.3) is 0 Å². The zero-order valence-electron chi connectivity index (χ0n) is 13.7. The number of nitrogens with zero attached hydrogens (tertiary/aromatic N) is 2. The number of rotatable bonds is 4. The lowest BCUT2D eigenvalue weighted by atomic mass is 9.93. The zero-order valence-corrected chi connectivity index (χ0v) is 15.2. The highest BCUT2D eigenvalue weighted by molar-refractivity contribution is 6.42. The molecule has 0 saturated heterocycles. The number of carbonyl (C=O) groups is 1. The van der Waals surface area contributed by atoms with E-state index in [1.54, 1.807) is 18.2 Å². The first-order valence-electron chi connectivity index (χ1n) is 8.16. The number of urea groups is 1. The quantitative estimate of drug-likeness (QED) is 0.798. The molecule has 1 fully saturated rings. The van der Waals surface area contributed by atoms with E-state index >= 15 is 0 Å². The Morgan fingerprint density at radius 2 is 1.81 bits per heavy atom. The van der Waals surface area contributed by atoms with Gasteiger partial charge in [-0.05, 0) is 43.9 Å². The fourth-order valence-corrected chi connectivity index (χ4v) is 3.06. The van der Waals surface area contributed by atoms with Gasteiger partial charge in [-0.1, -0.05) is 23.2 Å². The third-order valence-electron chi connectivity index (χ3n) is 4.06. The third-order valence-corrected chi connectivity index (χ3v) is 4.79. The van der Waals surface area contributed by atoms with Crippen molar-refractivity contribution in [3.63, 3.8) is 0 Å². The van der Waals surface area contributed by atoms with E-state index in [0.29, 0.717) is 15.7 Å². The van der Waals surface area contributed by atoms with Crippen LogP contribution in [0.2, 0.25) is 10.0 Å². The second-order valence-electron chi connectivity index (χ2n) is 6.00. The van der Waals surface area contributed by atoms with Gasteiger partial charge in [0.25, 0.3) is 0 Å². The number of anilines is 1. The predicted octanol–water partition coefficient (Wildman–Crippen LogP) is 4.43. The Kier molecular flexibility index (Phi) is 6.11. The Morgan fingerprint density at radius 3 is 2.46 bits per heavy atom. The van der Waals surface area contributed by atoms with Crippen LogP contribution in [0, 0.1) is 5.82 Å². The molecule has 0 atom stereocenters. The molecule has 1 aliphatic rings. The summed E-state index contributed by atoms with van der Waals surface area (Å²) in [4.78, 5) is 19.7. The number of aromatic nitrogens is 2. The summed E-state index contributed by atoms with van der Waals surface area (Å²) >= 11 is 11.8. The summed E-state index contributed by atoms with van der Waals surface area (Å²) in [5.74, 6) is -0.502. The first-order chi connectivity index (χ1) is 12.5. The molecule has 0 aliphatic heterocycles. The summed E-state index contributed by atoms with van der Waals surface area (Å²) < 4.78 is 18.4. The lowest BCUT2D eigenvalue weighted by molar-refractivity contribution is 0.129. The van der Waals surface area contributed by atoms with Gasteiger partial charge in [0.05, 0.1) is 22.4 Å². The zero-order chi connectivity index (χ0) is 18.5. The van der Waals surface area contributed by atoms with Crippen LogP contribution in [0.3, 0.4) is 0 Å². The number of nitrogens with one attached hydrogen (secondary N) is 2. The molecule has 2 aromatic rings. The highest BCUT2D eigenvalue weighted by Gasteiger charge is 2.24. The van der Waals surface area contributed by atoms with Crippen molar-refractivity contribution in [2.75, 3.05) is 5.32 Å². The number of benzene rings is 1. The monoisotopic (exact) mass is 398 g/mol. The predicted molar refractivity (Wildman–Crippen MR) is 97.3 cm³/mol. The normalized spacial score (nSPS) is 19.7. The second-order valence-corrected chi connectivity index (χ2v) is 6.82. The number of amides is 2. The Bertz CT molecular complexity index is 768. The molecule has 1 aromatic heterocycles. The van der Waals surface area contributed by atoms with Gasteiger partial charge in [0.15, 0.2) is 5.82 Å². The Balaban J connectivity index is 1.43. The van der Waals surface area contributed by atoms with E-state index in [-0.39, 0.29) is 24.2 Å².